The molecule has 4 nitrogen and oxygen atoms in total. The van der Waals surface area contributed by atoms with E-state index in [9.17, 15) is 9.59 Å². The number of ether oxygens (including phenoxy) is 1. The number of nitrogens with zero attached hydrogens (tertiary/aromatic N) is 1. The van der Waals surface area contributed by atoms with Crippen LogP contribution in [0, 0.1) is 5.92 Å². The third-order valence-electron chi connectivity index (χ3n) is 1.71. The lowest BCUT2D eigenvalue weighted by Crippen LogP contribution is -2.21. The Balaban J connectivity index is 2.37. The molecule has 2 unspecified atom stereocenters. The van der Waals surface area contributed by atoms with Crippen LogP contribution in [0.15, 0.2) is 17.1 Å². The Bertz CT molecular complexity index is 251. The SMILES string of the molecule is O=C1OC(=O)C2N=CC=CC12. The molecule has 2 heterocycles. The summed E-state index contributed by atoms with van der Waals surface area (Å²) >= 11 is 0. The monoisotopic (exact) mass is 151 g/mol. The van der Waals surface area contributed by atoms with Crippen molar-refractivity contribution < 1.29 is 14.3 Å². The topological polar surface area (TPSA) is 55.7 Å². The molecular formula is C7H5NO3. The summed E-state index contributed by atoms with van der Waals surface area (Å²) in [6.07, 6.45) is 4.77. The van der Waals surface area contributed by atoms with Crippen LogP contribution in [-0.4, -0.2) is 24.2 Å². The third kappa shape index (κ3) is 0.790. The first-order valence-corrected chi connectivity index (χ1v) is 3.24. The predicted octanol–water partition coefficient (Wildman–Crippen LogP) is -0.305. The number of hydrogen-bond donors (Lipinski definition) is 0. The van der Waals surface area contributed by atoms with Gasteiger partial charge >= 0.3 is 11.9 Å². The van der Waals surface area contributed by atoms with Gasteiger partial charge in [-0.05, 0) is 6.08 Å². The van der Waals surface area contributed by atoms with E-state index in [1.807, 2.05) is 0 Å². The summed E-state index contributed by atoms with van der Waals surface area (Å²) < 4.78 is 4.37. The molecule has 2 atom stereocenters. The highest BCUT2D eigenvalue weighted by Crippen LogP contribution is 2.22. The van der Waals surface area contributed by atoms with Gasteiger partial charge in [0.05, 0.1) is 0 Å². The molecule has 1 fully saturated rings. The largest absolute Gasteiger partial charge is 0.391 e. The van der Waals surface area contributed by atoms with Crippen LogP contribution in [0.2, 0.25) is 0 Å². The van der Waals surface area contributed by atoms with Gasteiger partial charge in [0.25, 0.3) is 0 Å². The zero-order chi connectivity index (χ0) is 7.84. The maximum atomic E-state index is 10.9. The highest BCUT2D eigenvalue weighted by molar-refractivity contribution is 6.01. The van der Waals surface area contributed by atoms with Crippen molar-refractivity contribution in [3.63, 3.8) is 0 Å². The first-order chi connectivity index (χ1) is 5.29. The van der Waals surface area contributed by atoms with E-state index in [1.165, 1.54) is 6.21 Å². The number of esters is 2. The lowest BCUT2D eigenvalue weighted by Gasteiger charge is -2.05. The summed E-state index contributed by atoms with van der Waals surface area (Å²) in [7, 11) is 0. The molecule has 0 aromatic carbocycles. The number of fused-ring (bicyclic) bond motifs is 1. The van der Waals surface area contributed by atoms with Gasteiger partial charge in [0, 0.05) is 6.21 Å². The van der Waals surface area contributed by atoms with E-state index in [4.69, 9.17) is 0 Å². The maximum absolute atomic E-state index is 10.9. The summed E-state index contributed by atoms with van der Waals surface area (Å²) in [6.45, 7) is 0. The van der Waals surface area contributed by atoms with Crippen molar-refractivity contribution in [3.05, 3.63) is 12.2 Å². The highest BCUT2D eigenvalue weighted by atomic mass is 16.6. The molecule has 0 aliphatic carbocycles. The minimum Gasteiger partial charge on any atom is -0.391 e. The summed E-state index contributed by atoms with van der Waals surface area (Å²) in [4.78, 5) is 25.5. The molecule has 0 amide bonds. The van der Waals surface area contributed by atoms with Crippen molar-refractivity contribution in [1.82, 2.24) is 0 Å². The summed E-state index contributed by atoms with van der Waals surface area (Å²) in [6, 6.07) is -0.618. The van der Waals surface area contributed by atoms with E-state index in [1.54, 1.807) is 12.2 Å². The number of rotatable bonds is 0. The quantitative estimate of drug-likeness (QED) is 0.352. The lowest BCUT2D eigenvalue weighted by atomic mass is 10.0. The Kier molecular flexibility index (Phi) is 1.15. The van der Waals surface area contributed by atoms with Crippen molar-refractivity contribution in [3.8, 4) is 0 Å². The minimum atomic E-state index is -0.618. The number of cyclic esters (lactones) is 2. The maximum Gasteiger partial charge on any atom is 0.339 e. The van der Waals surface area contributed by atoms with Gasteiger partial charge in [0.15, 0.2) is 6.04 Å². The molecule has 0 saturated carbocycles. The number of allylic oxidation sites excluding steroid dienone is 1. The predicted molar refractivity (Wildman–Crippen MR) is 36.0 cm³/mol. The van der Waals surface area contributed by atoms with Crippen LogP contribution in [-0.2, 0) is 14.3 Å². The normalized spacial score (nSPS) is 33.8. The second kappa shape index (κ2) is 2.02. The first kappa shape index (κ1) is 6.27. The molecule has 0 aromatic rings. The van der Waals surface area contributed by atoms with Crippen molar-refractivity contribution in [1.29, 1.82) is 0 Å². The zero-order valence-corrected chi connectivity index (χ0v) is 5.56. The van der Waals surface area contributed by atoms with Gasteiger partial charge in [-0.15, -0.1) is 0 Å². The molecule has 1 saturated heterocycles. The Labute approximate surface area is 62.6 Å². The summed E-state index contributed by atoms with van der Waals surface area (Å²) in [5.74, 6) is -1.51. The first-order valence-electron chi connectivity index (χ1n) is 3.24. The zero-order valence-electron chi connectivity index (χ0n) is 5.56. The molecule has 11 heavy (non-hydrogen) atoms. The lowest BCUT2D eigenvalue weighted by molar-refractivity contribution is -0.152. The van der Waals surface area contributed by atoms with E-state index < -0.39 is 23.9 Å². The molecule has 0 radical (unpaired) electrons. The van der Waals surface area contributed by atoms with Crippen molar-refractivity contribution in [2.75, 3.05) is 0 Å². The van der Waals surface area contributed by atoms with Crippen molar-refractivity contribution in [2.24, 2.45) is 10.9 Å². The van der Waals surface area contributed by atoms with Crippen LogP contribution in [0.4, 0.5) is 0 Å². The van der Waals surface area contributed by atoms with E-state index in [0.29, 0.717) is 0 Å². The fraction of sp³-hybridized carbons (Fsp3) is 0.286. The van der Waals surface area contributed by atoms with Crippen LogP contribution in [0.1, 0.15) is 0 Å². The van der Waals surface area contributed by atoms with Crippen LogP contribution in [0.25, 0.3) is 0 Å². The molecule has 2 aliphatic heterocycles. The second-order valence-corrected chi connectivity index (χ2v) is 2.39. The van der Waals surface area contributed by atoms with Gasteiger partial charge in [0.2, 0.25) is 0 Å². The minimum absolute atomic E-state index is 0.479. The van der Waals surface area contributed by atoms with Crippen LogP contribution < -0.4 is 0 Å². The van der Waals surface area contributed by atoms with Gasteiger partial charge < -0.3 is 4.74 Å². The Morgan fingerprint density at radius 3 is 2.91 bits per heavy atom. The van der Waals surface area contributed by atoms with Gasteiger partial charge in [-0.1, -0.05) is 6.08 Å². The second-order valence-electron chi connectivity index (χ2n) is 2.39. The van der Waals surface area contributed by atoms with Gasteiger partial charge in [-0.2, -0.15) is 0 Å². The van der Waals surface area contributed by atoms with Crippen LogP contribution >= 0.6 is 0 Å². The fourth-order valence-electron chi connectivity index (χ4n) is 1.15. The van der Waals surface area contributed by atoms with E-state index >= 15 is 0 Å². The third-order valence-corrected chi connectivity index (χ3v) is 1.71. The summed E-state index contributed by atoms with van der Waals surface area (Å²) in [5.41, 5.74) is 0. The standard InChI is InChI=1S/C7H5NO3/c9-6-4-2-1-3-8-5(4)7(10)11-6/h1-5H. The van der Waals surface area contributed by atoms with E-state index in [0.717, 1.165) is 0 Å². The van der Waals surface area contributed by atoms with Gasteiger partial charge in [-0.25, -0.2) is 4.79 Å². The van der Waals surface area contributed by atoms with Gasteiger partial charge in [0.1, 0.15) is 5.92 Å². The highest BCUT2D eigenvalue weighted by Gasteiger charge is 2.43. The average Bonchev–Trinajstić information content (AvgIpc) is 2.30. The molecule has 0 N–H and O–H groups in total. The molecule has 56 valence electrons. The summed E-state index contributed by atoms with van der Waals surface area (Å²) in [5, 5.41) is 0. The van der Waals surface area contributed by atoms with Gasteiger partial charge in [-0.3, -0.25) is 9.79 Å². The number of aliphatic imine (C=N–C) groups is 1. The number of dihydropyridines is 1. The van der Waals surface area contributed by atoms with Crippen LogP contribution in [0.3, 0.4) is 0 Å². The van der Waals surface area contributed by atoms with Crippen LogP contribution in [0.5, 0.6) is 0 Å². The molecule has 0 spiro atoms. The molecule has 0 bridgehead atoms. The smallest absolute Gasteiger partial charge is 0.339 e. The van der Waals surface area contributed by atoms with Crippen molar-refractivity contribution >= 4 is 18.2 Å². The Morgan fingerprint density at radius 2 is 2.18 bits per heavy atom. The Hall–Kier alpha value is -1.45. The number of carbonyl (C=O) groups is 2. The fourth-order valence-corrected chi connectivity index (χ4v) is 1.15. The molecular weight excluding hydrogens is 146 g/mol. The number of hydrogen-bond acceptors (Lipinski definition) is 4. The van der Waals surface area contributed by atoms with E-state index in [-0.39, 0.29) is 0 Å². The van der Waals surface area contributed by atoms with E-state index in [2.05, 4.69) is 9.73 Å². The molecule has 0 aromatic heterocycles. The molecule has 4 heteroatoms. The number of carbonyl (C=O) groups excluding carboxylic acids is 2. The van der Waals surface area contributed by atoms with Crippen molar-refractivity contribution in [2.45, 2.75) is 6.04 Å². The Morgan fingerprint density at radius 1 is 1.36 bits per heavy atom. The molecule has 2 rings (SSSR count). The molecule has 2 aliphatic rings. The average molecular weight is 151 g/mol.